The summed E-state index contributed by atoms with van der Waals surface area (Å²) in [6.07, 6.45) is 7.40. The maximum Gasteiger partial charge on any atom is 0.310 e. The van der Waals surface area contributed by atoms with E-state index in [1.807, 2.05) is 0 Å². The third-order valence-electron chi connectivity index (χ3n) is 7.05. The van der Waals surface area contributed by atoms with E-state index in [9.17, 15) is 4.79 Å². The minimum atomic E-state index is -1.75. The molecule has 3 rings (SSSR count). The summed E-state index contributed by atoms with van der Waals surface area (Å²) in [6.45, 7) is 14.1. The predicted molar refractivity (Wildman–Crippen MR) is 94.4 cm³/mol. The number of fused-ring (bicyclic) bond motifs is 3. The lowest BCUT2D eigenvalue weighted by Gasteiger charge is -2.48. The van der Waals surface area contributed by atoms with Crippen molar-refractivity contribution in [3.05, 3.63) is 11.8 Å². The van der Waals surface area contributed by atoms with E-state index in [0.29, 0.717) is 24.4 Å². The van der Waals surface area contributed by atoms with Gasteiger partial charge >= 0.3 is 5.97 Å². The first-order valence-electron chi connectivity index (χ1n) is 9.13. The van der Waals surface area contributed by atoms with Crippen LogP contribution in [0.4, 0.5) is 0 Å². The highest BCUT2D eigenvalue weighted by Gasteiger charge is 2.55. The van der Waals surface area contributed by atoms with Crippen LogP contribution in [0.5, 0.6) is 0 Å². The Labute approximate surface area is 141 Å². The van der Waals surface area contributed by atoms with Crippen LogP contribution in [0.15, 0.2) is 11.8 Å². The molecule has 0 aromatic heterocycles. The van der Waals surface area contributed by atoms with Crippen molar-refractivity contribution >= 4 is 14.3 Å². The zero-order chi connectivity index (χ0) is 17.0. The summed E-state index contributed by atoms with van der Waals surface area (Å²) in [7, 11) is -1.75. The molecular weight excluding hydrogens is 304 g/mol. The molecule has 0 aromatic rings. The Bertz CT molecular complexity index is 531. The Kier molecular flexibility index (Phi) is 4.08. The first-order chi connectivity index (χ1) is 10.5. The molecule has 0 spiro atoms. The summed E-state index contributed by atoms with van der Waals surface area (Å²) in [4.78, 5) is 11.6. The van der Waals surface area contributed by atoms with Gasteiger partial charge in [0.1, 0.15) is 5.76 Å². The highest BCUT2D eigenvalue weighted by atomic mass is 28.4. The van der Waals surface area contributed by atoms with Gasteiger partial charge in [0.25, 0.3) is 0 Å². The zero-order valence-corrected chi connectivity index (χ0v) is 16.6. The lowest BCUT2D eigenvalue weighted by molar-refractivity contribution is -0.145. The average molecular weight is 337 g/mol. The molecule has 1 aliphatic heterocycles. The van der Waals surface area contributed by atoms with Crippen molar-refractivity contribution in [1.29, 1.82) is 0 Å². The molecule has 0 amide bonds. The van der Waals surface area contributed by atoms with Crippen LogP contribution in [0.3, 0.4) is 0 Å². The number of esters is 1. The molecule has 3 aliphatic rings. The molecule has 2 aliphatic carbocycles. The Balaban J connectivity index is 1.82. The standard InChI is InChI=1S/C19H32O3Si/c1-18(2,3)23(5,6)22-16-9-8-14-13-7-10-17(20)21-15(13)11-12-19(14,16)4/h11,13-14,16H,7-10,12H2,1-6H3/t13-,14-,16-,19-/m0/s1. The van der Waals surface area contributed by atoms with E-state index in [4.69, 9.17) is 9.16 Å². The van der Waals surface area contributed by atoms with Crippen molar-refractivity contribution in [2.75, 3.05) is 0 Å². The monoisotopic (exact) mass is 336 g/mol. The molecule has 1 heterocycles. The van der Waals surface area contributed by atoms with Crippen LogP contribution in [0.1, 0.15) is 59.8 Å². The number of allylic oxidation sites excluding steroid dienone is 2. The number of hydrogen-bond donors (Lipinski definition) is 0. The SMILES string of the molecule is CC(C)(C)[Si](C)(C)O[C@H]1CC[C@H]2[C@@H]3CCC(=O)OC3=CC[C@]12C. The van der Waals surface area contributed by atoms with Gasteiger partial charge < -0.3 is 9.16 Å². The Morgan fingerprint density at radius 2 is 1.96 bits per heavy atom. The molecule has 0 N–H and O–H groups in total. The predicted octanol–water partition coefficient (Wildman–Crippen LogP) is 5.03. The second kappa shape index (κ2) is 5.45. The maximum absolute atomic E-state index is 11.6. The zero-order valence-electron chi connectivity index (χ0n) is 15.6. The number of carbonyl (C=O) groups is 1. The van der Waals surface area contributed by atoms with Crippen LogP contribution in [-0.2, 0) is 14.0 Å². The van der Waals surface area contributed by atoms with Crippen LogP contribution >= 0.6 is 0 Å². The molecule has 4 heteroatoms. The highest BCUT2D eigenvalue weighted by molar-refractivity contribution is 6.74. The van der Waals surface area contributed by atoms with Gasteiger partial charge in [-0.1, -0.05) is 27.7 Å². The van der Waals surface area contributed by atoms with Gasteiger partial charge in [0.2, 0.25) is 0 Å². The lowest BCUT2D eigenvalue weighted by Crippen LogP contribution is -2.49. The molecule has 0 radical (unpaired) electrons. The smallest absolute Gasteiger partial charge is 0.310 e. The van der Waals surface area contributed by atoms with Gasteiger partial charge in [0.05, 0.1) is 6.10 Å². The molecule has 130 valence electrons. The topological polar surface area (TPSA) is 35.5 Å². The number of rotatable bonds is 2. The van der Waals surface area contributed by atoms with Gasteiger partial charge in [-0.15, -0.1) is 0 Å². The van der Waals surface area contributed by atoms with Gasteiger partial charge in [-0.05, 0) is 61.2 Å². The Morgan fingerprint density at radius 3 is 2.61 bits per heavy atom. The molecule has 1 saturated carbocycles. The van der Waals surface area contributed by atoms with Gasteiger partial charge in [-0.25, -0.2) is 0 Å². The highest BCUT2D eigenvalue weighted by Crippen LogP contribution is 2.58. The quantitative estimate of drug-likeness (QED) is 0.524. The van der Waals surface area contributed by atoms with Crippen molar-refractivity contribution in [2.24, 2.45) is 17.3 Å². The van der Waals surface area contributed by atoms with E-state index < -0.39 is 8.32 Å². The van der Waals surface area contributed by atoms with Crippen molar-refractivity contribution in [1.82, 2.24) is 0 Å². The summed E-state index contributed by atoms with van der Waals surface area (Å²) in [5.74, 6) is 1.93. The van der Waals surface area contributed by atoms with E-state index in [1.165, 1.54) is 6.42 Å². The lowest BCUT2D eigenvalue weighted by atomic mass is 9.64. The largest absolute Gasteiger partial charge is 0.431 e. The first kappa shape index (κ1) is 17.2. The van der Waals surface area contributed by atoms with Crippen molar-refractivity contribution in [2.45, 2.75) is 84.0 Å². The number of hydrogen-bond acceptors (Lipinski definition) is 3. The fourth-order valence-corrected chi connectivity index (χ4v) is 5.94. The molecule has 1 saturated heterocycles. The number of carbonyl (C=O) groups excluding carboxylic acids is 1. The Morgan fingerprint density at radius 1 is 1.26 bits per heavy atom. The van der Waals surface area contributed by atoms with Gasteiger partial charge in [-0.2, -0.15) is 0 Å². The summed E-state index contributed by atoms with van der Waals surface area (Å²) >= 11 is 0. The summed E-state index contributed by atoms with van der Waals surface area (Å²) in [6, 6.07) is 0. The summed E-state index contributed by atoms with van der Waals surface area (Å²) < 4.78 is 12.4. The van der Waals surface area contributed by atoms with Crippen molar-refractivity contribution < 1.29 is 14.0 Å². The second-order valence-corrected chi connectivity index (χ2v) is 14.2. The molecular formula is C19H32O3Si. The van der Waals surface area contributed by atoms with Crippen molar-refractivity contribution in [3.8, 4) is 0 Å². The fraction of sp³-hybridized carbons (Fsp3) is 0.842. The Hall–Kier alpha value is -0.613. The molecule has 2 fully saturated rings. The molecule has 3 nitrogen and oxygen atoms in total. The van der Waals surface area contributed by atoms with E-state index in [1.54, 1.807) is 0 Å². The fourth-order valence-electron chi connectivity index (χ4n) is 4.49. The van der Waals surface area contributed by atoms with Crippen LogP contribution in [-0.4, -0.2) is 20.4 Å². The summed E-state index contributed by atoms with van der Waals surface area (Å²) in [5, 5.41) is 0.248. The van der Waals surface area contributed by atoms with Gasteiger partial charge in [0.15, 0.2) is 8.32 Å². The van der Waals surface area contributed by atoms with Crippen LogP contribution in [0.25, 0.3) is 0 Å². The normalized spacial score (nSPS) is 37.7. The van der Waals surface area contributed by atoms with E-state index in [0.717, 1.165) is 25.0 Å². The average Bonchev–Trinajstić information content (AvgIpc) is 2.74. The molecule has 0 bridgehead atoms. The minimum Gasteiger partial charge on any atom is -0.431 e. The van der Waals surface area contributed by atoms with Crippen LogP contribution < -0.4 is 0 Å². The van der Waals surface area contributed by atoms with Crippen LogP contribution in [0, 0.1) is 17.3 Å². The summed E-state index contributed by atoms with van der Waals surface area (Å²) in [5.41, 5.74) is 0.202. The maximum atomic E-state index is 11.6. The molecule has 0 unspecified atom stereocenters. The second-order valence-electron chi connectivity index (χ2n) is 9.49. The minimum absolute atomic E-state index is 0.0526. The molecule has 23 heavy (non-hydrogen) atoms. The van der Waals surface area contributed by atoms with Crippen molar-refractivity contribution in [3.63, 3.8) is 0 Å². The van der Waals surface area contributed by atoms with Gasteiger partial charge in [0, 0.05) is 12.3 Å². The van der Waals surface area contributed by atoms with Gasteiger partial charge in [-0.3, -0.25) is 4.79 Å². The first-order valence-corrected chi connectivity index (χ1v) is 12.0. The number of ether oxygens (including phenoxy) is 1. The molecule has 4 atom stereocenters. The van der Waals surface area contributed by atoms with E-state index >= 15 is 0 Å². The third kappa shape index (κ3) is 2.82. The molecule has 0 aromatic carbocycles. The van der Waals surface area contributed by atoms with Crippen LogP contribution in [0.2, 0.25) is 18.1 Å². The van der Waals surface area contributed by atoms with E-state index in [2.05, 4.69) is 46.9 Å². The van der Waals surface area contributed by atoms with E-state index in [-0.39, 0.29) is 16.4 Å². The third-order valence-corrected chi connectivity index (χ3v) is 11.5.